The molecule has 0 saturated heterocycles. The van der Waals surface area contributed by atoms with Crippen LogP contribution in [0.15, 0.2) is 84.1 Å². The summed E-state index contributed by atoms with van der Waals surface area (Å²) >= 11 is 6.20. The van der Waals surface area contributed by atoms with Crippen LogP contribution in [0.1, 0.15) is 48.3 Å². The summed E-state index contributed by atoms with van der Waals surface area (Å²) in [6.07, 6.45) is 2.22. The Balaban J connectivity index is 1.43. The highest BCUT2D eigenvalue weighted by molar-refractivity contribution is 6.31. The van der Waals surface area contributed by atoms with Crippen molar-refractivity contribution in [2.75, 3.05) is 4.90 Å². The van der Waals surface area contributed by atoms with Gasteiger partial charge in [0.05, 0.1) is 5.69 Å². The quantitative estimate of drug-likeness (QED) is 0.413. The number of allylic oxidation sites excluding steroid dienone is 2. The predicted molar refractivity (Wildman–Crippen MR) is 134 cm³/mol. The van der Waals surface area contributed by atoms with Gasteiger partial charge in [0.25, 0.3) is 0 Å². The zero-order valence-corrected chi connectivity index (χ0v) is 19.8. The summed E-state index contributed by atoms with van der Waals surface area (Å²) in [7, 11) is 0. The molecule has 0 N–H and O–H groups in total. The maximum absolute atomic E-state index is 13.3. The van der Waals surface area contributed by atoms with Gasteiger partial charge in [0.2, 0.25) is 5.91 Å². The second kappa shape index (κ2) is 9.47. The van der Waals surface area contributed by atoms with E-state index < -0.39 is 0 Å². The molecular weight excluding hydrogens is 446 g/mol. The summed E-state index contributed by atoms with van der Waals surface area (Å²) in [4.78, 5) is 28.1. The van der Waals surface area contributed by atoms with Gasteiger partial charge in [-0.3, -0.25) is 14.5 Å². The van der Waals surface area contributed by atoms with Crippen molar-refractivity contribution in [3.8, 4) is 5.75 Å². The van der Waals surface area contributed by atoms with Crippen molar-refractivity contribution < 1.29 is 14.3 Å². The molecule has 1 unspecified atom stereocenters. The minimum atomic E-state index is -0.240. The first-order chi connectivity index (χ1) is 16.5. The van der Waals surface area contributed by atoms with Gasteiger partial charge in [-0.25, -0.2) is 0 Å². The van der Waals surface area contributed by atoms with Gasteiger partial charge >= 0.3 is 0 Å². The lowest BCUT2D eigenvalue weighted by Crippen LogP contribution is -2.40. The van der Waals surface area contributed by atoms with Crippen molar-refractivity contribution in [1.82, 2.24) is 0 Å². The minimum Gasteiger partial charge on any atom is -0.489 e. The number of nitrogens with zero attached hydrogens (tertiary/aromatic N) is 1. The van der Waals surface area contributed by atoms with Crippen molar-refractivity contribution in [2.24, 2.45) is 0 Å². The number of aryl methyl sites for hydroxylation is 1. The van der Waals surface area contributed by atoms with Crippen molar-refractivity contribution in [3.63, 3.8) is 0 Å². The first-order valence-corrected chi connectivity index (χ1v) is 12.0. The Morgan fingerprint density at radius 3 is 2.53 bits per heavy atom. The zero-order valence-electron chi connectivity index (χ0n) is 19.1. The predicted octanol–water partition coefficient (Wildman–Crippen LogP) is 6.76. The molecule has 5 heteroatoms. The Bertz CT molecular complexity index is 1280. The van der Waals surface area contributed by atoms with Gasteiger partial charge in [-0.2, -0.15) is 0 Å². The van der Waals surface area contributed by atoms with E-state index in [1.807, 2.05) is 48.5 Å². The molecule has 5 rings (SSSR count). The van der Waals surface area contributed by atoms with Gasteiger partial charge in [-0.1, -0.05) is 54.1 Å². The second-order valence-corrected chi connectivity index (χ2v) is 9.32. The van der Waals surface area contributed by atoms with Crippen molar-refractivity contribution in [2.45, 2.75) is 45.1 Å². The molecule has 1 atom stereocenters. The fraction of sp³-hybridized carbons (Fsp3) is 0.241. The summed E-state index contributed by atoms with van der Waals surface area (Å²) in [5, 5.41) is 0.568. The van der Waals surface area contributed by atoms with Crippen LogP contribution in [0.5, 0.6) is 5.75 Å². The smallest absolute Gasteiger partial charge is 0.232 e. The maximum Gasteiger partial charge on any atom is 0.232 e. The molecule has 3 aromatic rings. The lowest BCUT2D eigenvalue weighted by Gasteiger charge is -2.38. The summed E-state index contributed by atoms with van der Waals surface area (Å²) in [6.45, 7) is 2.57. The van der Waals surface area contributed by atoms with Crippen LogP contribution < -0.4 is 9.64 Å². The number of halogens is 1. The molecule has 1 aliphatic carbocycles. The molecule has 1 aliphatic heterocycles. The Hall–Kier alpha value is -3.37. The number of anilines is 1. The molecule has 0 radical (unpaired) electrons. The van der Waals surface area contributed by atoms with E-state index >= 15 is 0 Å². The molecule has 172 valence electrons. The van der Waals surface area contributed by atoms with Crippen molar-refractivity contribution in [3.05, 3.63) is 106 Å². The number of ketones is 1. The molecular formula is C29H26ClNO3. The molecule has 3 aromatic carbocycles. The largest absolute Gasteiger partial charge is 0.489 e. The summed E-state index contributed by atoms with van der Waals surface area (Å²) < 4.78 is 5.98. The number of Topliss-reactive ketones (excluding diaryl/α,β-unsaturated/α-hetero) is 1. The molecule has 0 spiro atoms. The molecule has 34 heavy (non-hydrogen) atoms. The lowest BCUT2D eigenvalue weighted by atomic mass is 9.77. The Labute approximate surface area is 204 Å². The van der Waals surface area contributed by atoms with Crippen LogP contribution in [0.4, 0.5) is 5.69 Å². The first kappa shape index (κ1) is 22.4. The lowest BCUT2D eigenvalue weighted by molar-refractivity contribution is -0.119. The maximum atomic E-state index is 13.3. The summed E-state index contributed by atoms with van der Waals surface area (Å²) in [6, 6.07) is 23.2. The first-order valence-electron chi connectivity index (χ1n) is 11.6. The van der Waals surface area contributed by atoms with E-state index in [0.717, 1.165) is 40.3 Å². The fourth-order valence-corrected chi connectivity index (χ4v) is 5.11. The van der Waals surface area contributed by atoms with Crippen LogP contribution in [-0.4, -0.2) is 11.7 Å². The molecule has 0 aromatic heterocycles. The minimum absolute atomic E-state index is 0.0133. The Morgan fingerprint density at radius 2 is 1.76 bits per heavy atom. The van der Waals surface area contributed by atoms with Gasteiger partial charge in [0.1, 0.15) is 12.4 Å². The number of hydrogen-bond donors (Lipinski definition) is 0. The highest BCUT2D eigenvalue weighted by Gasteiger charge is 2.39. The van der Waals surface area contributed by atoms with E-state index in [0.29, 0.717) is 24.5 Å². The third-order valence-corrected chi connectivity index (χ3v) is 6.91. The molecule has 1 amide bonds. The Morgan fingerprint density at radius 1 is 0.971 bits per heavy atom. The van der Waals surface area contributed by atoms with Gasteiger partial charge in [0, 0.05) is 35.1 Å². The van der Waals surface area contributed by atoms with E-state index in [1.54, 1.807) is 17.0 Å². The van der Waals surface area contributed by atoms with E-state index in [9.17, 15) is 9.59 Å². The molecule has 0 bridgehead atoms. The van der Waals surface area contributed by atoms with Crippen LogP contribution in [0.3, 0.4) is 0 Å². The highest BCUT2D eigenvalue weighted by atomic mass is 35.5. The molecule has 0 fully saturated rings. The van der Waals surface area contributed by atoms with Gasteiger partial charge in [0.15, 0.2) is 5.78 Å². The number of ether oxygens (including phenoxy) is 1. The Kier molecular flexibility index (Phi) is 6.25. The van der Waals surface area contributed by atoms with Crippen molar-refractivity contribution in [1.29, 1.82) is 0 Å². The SMILES string of the molecule is Cc1ccccc1COc1ccc(C2CC(=O)N(c3cccc(Cl)c3)C3=C2C(=O)CCC3)cc1. The number of benzene rings is 3. The van der Waals surface area contributed by atoms with Crippen LogP contribution in [0.25, 0.3) is 0 Å². The number of rotatable bonds is 5. The van der Waals surface area contributed by atoms with Gasteiger partial charge in [-0.15, -0.1) is 0 Å². The van der Waals surface area contributed by atoms with E-state index in [1.165, 1.54) is 5.56 Å². The summed E-state index contributed by atoms with van der Waals surface area (Å²) in [5.41, 5.74) is 5.61. The number of carbonyl (C=O) groups is 2. The van der Waals surface area contributed by atoms with Crippen LogP contribution >= 0.6 is 11.6 Å². The van der Waals surface area contributed by atoms with Crippen LogP contribution in [0.2, 0.25) is 5.02 Å². The van der Waals surface area contributed by atoms with Crippen LogP contribution in [-0.2, 0) is 16.2 Å². The fourth-order valence-electron chi connectivity index (χ4n) is 4.92. The number of amides is 1. The number of hydrogen-bond acceptors (Lipinski definition) is 3. The van der Waals surface area contributed by atoms with Gasteiger partial charge < -0.3 is 4.74 Å². The zero-order chi connectivity index (χ0) is 23.7. The topological polar surface area (TPSA) is 46.6 Å². The highest BCUT2D eigenvalue weighted by Crippen LogP contribution is 2.43. The van der Waals surface area contributed by atoms with E-state index in [2.05, 4.69) is 19.1 Å². The molecule has 4 nitrogen and oxygen atoms in total. The van der Waals surface area contributed by atoms with Crippen molar-refractivity contribution >= 4 is 29.0 Å². The third kappa shape index (κ3) is 4.38. The standard InChI is InChI=1S/C29H26ClNO3/c1-19-6-2-3-7-21(19)18-34-24-14-12-20(13-15-24)25-17-28(33)31(23-9-4-8-22(30)16-23)26-10-5-11-27(32)29(25)26/h2-4,6-9,12-16,25H,5,10-11,17-18H2,1H3. The third-order valence-electron chi connectivity index (χ3n) is 6.68. The van der Waals surface area contributed by atoms with E-state index in [4.69, 9.17) is 16.3 Å². The number of carbonyl (C=O) groups excluding carboxylic acids is 2. The monoisotopic (exact) mass is 471 g/mol. The van der Waals surface area contributed by atoms with Crippen LogP contribution in [0, 0.1) is 6.92 Å². The second-order valence-electron chi connectivity index (χ2n) is 8.89. The summed E-state index contributed by atoms with van der Waals surface area (Å²) in [5.74, 6) is 0.640. The molecule has 1 heterocycles. The molecule has 2 aliphatic rings. The average Bonchev–Trinajstić information content (AvgIpc) is 2.83. The van der Waals surface area contributed by atoms with E-state index in [-0.39, 0.29) is 24.0 Å². The normalized spacial score (nSPS) is 18.2. The average molecular weight is 472 g/mol. The van der Waals surface area contributed by atoms with Gasteiger partial charge in [-0.05, 0) is 66.8 Å². The molecule has 0 saturated carbocycles.